The third kappa shape index (κ3) is 4.07. The second-order valence-electron chi connectivity index (χ2n) is 4.52. The van der Waals surface area contributed by atoms with E-state index in [2.05, 4.69) is 21.3 Å². The highest BCUT2D eigenvalue weighted by molar-refractivity contribution is 5.08. The van der Waals surface area contributed by atoms with Crippen LogP contribution in [0, 0.1) is 0 Å². The summed E-state index contributed by atoms with van der Waals surface area (Å²) in [6, 6.07) is 4.70. The van der Waals surface area contributed by atoms with Crippen LogP contribution < -0.4 is 5.32 Å². The maximum Gasteiger partial charge on any atom is 0.0589 e. The quantitative estimate of drug-likeness (QED) is 0.794. The van der Waals surface area contributed by atoms with E-state index in [0.717, 1.165) is 26.2 Å². The van der Waals surface area contributed by atoms with Crippen molar-refractivity contribution in [3.05, 3.63) is 30.1 Å². The molecule has 17 heavy (non-hydrogen) atoms. The Morgan fingerprint density at radius 3 is 3.29 bits per heavy atom. The predicted molar refractivity (Wildman–Crippen MR) is 67.8 cm³/mol. The molecule has 0 bridgehead atoms. The fraction of sp³-hybridized carbons (Fsp3) is 0.615. The van der Waals surface area contributed by atoms with E-state index < -0.39 is 0 Å². The average Bonchev–Trinajstić information content (AvgIpc) is 2.83. The van der Waals surface area contributed by atoms with Gasteiger partial charge in [-0.05, 0) is 24.6 Å². The van der Waals surface area contributed by atoms with Crippen molar-refractivity contribution in [2.75, 3.05) is 33.4 Å². The van der Waals surface area contributed by atoms with Gasteiger partial charge in [-0.15, -0.1) is 0 Å². The molecule has 1 aromatic rings. The van der Waals surface area contributed by atoms with Crippen molar-refractivity contribution in [3.8, 4) is 0 Å². The van der Waals surface area contributed by atoms with Gasteiger partial charge in [-0.25, -0.2) is 0 Å². The Kier molecular flexibility index (Phi) is 4.91. The third-order valence-corrected chi connectivity index (χ3v) is 3.20. The van der Waals surface area contributed by atoms with Gasteiger partial charge in [0.25, 0.3) is 0 Å². The summed E-state index contributed by atoms with van der Waals surface area (Å²) in [4.78, 5) is 6.57. The summed E-state index contributed by atoms with van der Waals surface area (Å²) < 4.78 is 5.10. The van der Waals surface area contributed by atoms with Crippen LogP contribution in [0.3, 0.4) is 0 Å². The van der Waals surface area contributed by atoms with Crippen LogP contribution in [-0.4, -0.2) is 49.3 Å². The molecular weight excluding hydrogens is 214 g/mol. The van der Waals surface area contributed by atoms with Crippen molar-refractivity contribution in [3.63, 3.8) is 0 Å². The Morgan fingerprint density at radius 1 is 1.59 bits per heavy atom. The van der Waals surface area contributed by atoms with Crippen molar-refractivity contribution < 1.29 is 4.74 Å². The van der Waals surface area contributed by atoms with E-state index in [1.165, 1.54) is 18.5 Å². The molecule has 0 aliphatic carbocycles. The molecule has 4 nitrogen and oxygen atoms in total. The van der Waals surface area contributed by atoms with Crippen molar-refractivity contribution in [2.45, 2.75) is 19.0 Å². The molecule has 1 aliphatic heterocycles. The molecule has 1 aromatic heterocycles. The lowest BCUT2D eigenvalue weighted by Crippen LogP contribution is -2.33. The normalized spacial score (nSPS) is 20.9. The van der Waals surface area contributed by atoms with Gasteiger partial charge in [0, 0.05) is 45.2 Å². The lowest BCUT2D eigenvalue weighted by Gasteiger charge is -2.16. The molecule has 2 rings (SSSR count). The molecular formula is C13H21N3O. The first-order valence-electron chi connectivity index (χ1n) is 6.22. The molecule has 0 radical (unpaired) electrons. The number of rotatable bonds is 6. The molecule has 1 fully saturated rings. The molecule has 1 aliphatic rings. The molecule has 0 amide bonds. The van der Waals surface area contributed by atoms with Gasteiger partial charge in [0.15, 0.2) is 0 Å². The average molecular weight is 235 g/mol. The Hall–Kier alpha value is -0.970. The number of nitrogens with zero attached hydrogens (tertiary/aromatic N) is 2. The summed E-state index contributed by atoms with van der Waals surface area (Å²) in [5.41, 5.74) is 1.25. The molecule has 0 saturated carbocycles. The van der Waals surface area contributed by atoms with Crippen LogP contribution in [-0.2, 0) is 11.3 Å². The zero-order valence-corrected chi connectivity index (χ0v) is 10.4. The van der Waals surface area contributed by atoms with Crippen LogP contribution in [0.5, 0.6) is 0 Å². The van der Waals surface area contributed by atoms with Crippen molar-refractivity contribution in [1.29, 1.82) is 0 Å². The van der Waals surface area contributed by atoms with E-state index in [4.69, 9.17) is 4.74 Å². The van der Waals surface area contributed by atoms with E-state index in [-0.39, 0.29) is 0 Å². The number of nitrogens with one attached hydrogen (secondary N) is 1. The summed E-state index contributed by atoms with van der Waals surface area (Å²) in [5.74, 6) is 0. The van der Waals surface area contributed by atoms with Gasteiger partial charge in [0.05, 0.1) is 6.61 Å². The number of pyridine rings is 1. The van der Waals surface area contributed by atoms with Crippen LogP contribution in [0.1, 0.15) is 12.0 Å². The summed E-state index contributed by atoms with van der Waals surface area (Å²) in [6.45, 7) is 5.09. The number of methoxy groups -OCH3 is 1. The van der Waals surface area contributed by atoms with Crippen molar-refractivity contribution >= 4 is 0 Å². The molecule has 1 atom stereocenters. The number of ether oxygens (including phenoxy) is 1. The molecule has 94 valence electrons. The maximum absolute atomic E-state index is 5.10. The summed E-state index contributed by atoms with van der Waals surface area (Å²) >= 11 is 0. The molecule has 1 saturated heterocycles. The standard InChI is InChI=1S/C13H21N3O/c1-17-8-7-16-6-4-13(11-16)15-10-12-3-2-5-14-9-12/h2-3,5,9,13,15H,4,6-8,10-11H2,1H3. The van der Waals surface area contributed by atoms with Crippen molar-refractivity contribution in [2.24, 2.45) is 0 Å². The second-order valence-corrected chi connectivity index (χ2v) is 4.52. The highest BCUT2D eigenvalue weighted by Gasteiger charge is 2.21. The zero-order valence-electron chi connectivity index (χ0n) is 10.4. The summed E-state index contributed by atoms with van der Waals surface area (Å²) in [7, 11) is 1.76. The molecule has 0 spiro atoms. The minimum atomic E-state index is 0.604. The number of aromatic nitrogens is 1. The molecule has 1 unspecified atom stereocenters. The summed E-state index contributed by atoms with van der Waals surface area (Å²) in [6.07, 6.45) is 4.96. The van der Waals surface area contributed by atoms with Gasteiger partial charge in [0.1, 0.15) is 0 Å². The topological polar surface area (TPSA) is 37.4 Å². The predicted octanol–water partition coefficient (Wildman–Crippen LogP) is 0.892. The van der Waals surface area contributed by atoms with Gasteiger partial charge in [-0.2, -0.15) is 0 Å². The zero-order chi connectivity index (χ0) is 11.9. The number of likely N-dealkylation sites (tertiary alicyclic amines) is 1. The van der Waals surface area contributed by atoms with Crippen LogP contribution in [0.25, 0.3) is 0 Å². The lowest BCUT2D eigenvalue weighted by molar-refractivity contribution is 0.159. The van der Waals surface area contributed by atoms with E-state index in [9.17, 15) is 0 Å². The Balaban J connectivity index is 1.68. The van der Waals surface area contributed by atoms with Gasteiger partial charge >= 0.3 is 0 Å². The highest BCUT2D eigenvalue weighted by Crippen LogP contribution is 2.09. The highest BCUT2D eigenvalue weighted by atomic mass is 16.5. The Bertz CT molecular complexity index is 318. The first kappa shape index (κ1) is 12.5. The van der Waals surface area contributed by atoms with Gasteiger partial charge in [-0.3, -0.25) is 9.88 Å². The molecule has 4 heteroatoms. The largest absolute Gasteiger partial charge is 0.383 e. The Morgan fingerprint density at radius 2 is 2.53 bits per heavy atom. The first-order chi connectivity index (χ1) is 8.38. The van der Waals surface area contributed by atoms with Gasteiger partial charge in [-0.1, -0.05) is 6.07 Å². The fourth-order valence-electron chi connectivity index (χ4n) is 2.19. The minimum Gasteiger partial charge on any atom is -0.383 e. The molecule has 0 aromatic carbocycles. The monoisotopic (exact) mass is 235 g/mol. The van der Waals surface area contributed by atoms with Crippen LogP contribution in [0.2, 0.25) is 0 Å². The van der Waals surface area contributed by atoms with Gasteiger partial charge in [0.2, 0.25) is 0 Å². The Labute approximate surface area is 103 Å². The first-order valence-corrected chi connectivity index (χ1v) is 6.22. The van der Waals surface area contributed by atoms with E-state index in [0.29, 0.717) is 6.04 Å². The SMILES string of the molecule is COCCN1CCC(NCc2cccnc2)C1. The summed E-state index contributed by atoms with van der Waals surface area (Å²) in [5, 5.41) is 3.58. The fourth-order valence-corrected chi connectivity index (χ4v) is 2.19. The van der Waals surface area contributed by atoms with Crippen LogP contribution in [0.15, 0.2) is 24.5 Å². The smallest absolute Gasteiger partial charge is 0.0589 e. The van der Waals surface area contributed by atoms with E-state index in [1.807, 2.05) is 18.5 Å². The minimum absolute atomic E-state index is 0.604. The van der Waals surface area contributed by atoms with E-state index >= 15 is 0 Å². The number of hydrogen-bond acceptors (Lipinski definition) is 4. The van der Waals surface area contributed by atoms with Gasteiger partial charge < -0.3 is 10.1 Å². The van der Waals surface area contributed by atoms with Crippen LogP contribution >= 0.6 is 0 Å². The second kappa shape index (κ2) is 6.69. The van der Waals surface area contributed by atoms with E-state index in [1.54, 1.807) is 7.11 Å². The van der Waals surface area contributed by atoms with Crippen molar-refractivity contribution in [1.82, 2.24) is 15.2 Å². The van der Waals surface area contributed by atoms with Crippen LogP contribution in [0.4, 0.5) is 0 Å². The third-order valence-electron chi connectivity index (χ3n) is 3.20. The molecule has 1 N–H and O–H groups in total. The number of hydrogen-bond donors (Lipinski definition) is 1. The molecule has 2 heterocycles. The maximum atomic E-state index is 5.10. The lowest BCUT2D eigenvalue weighted by atomic mass is 10.2.